The summed E-state index contributed by atoms with van der Waals surface area (Å²) in [5, 5.41) is 0. The number of hydrogen-bond acceptors (Lipinski definition) is 4. The molecule has 2 heterocycles. The monoisotopic (exact) mass is 349 g/mol. The normalized spacial score (nSPS) is 17.4. The van der Waals surface area contributed by atoms with Crippen molar-refractivity contribution in [1.82, 2.24) is 14.5 Å². The minimum absolute atomic E-state index is 0.00873. The zero-order valence-corrected chi connectivity index (χ0v) is 14.2. The van der Waals surface area contributed by atoms with Crippen LogP contribution in [0.25, 0.3) is 11.0 Å². The lowest BCUT2D eigenvalue weighted by Crippen LogP contribution is -2.45. The first-order chi connectivity index (χ1) is 12.7. The minimum Gasteiger partial charge on any atom is -0.377 e. The summed E-state index contributed by atoms with van der Waals surface area (Å²) in [5.41, 5.74) is 2.12. The topological polar surface area (TPSA) is 64.4 Å². The summed E-state index contributed by atoms with van der Waals surface area (Å²) in [6.45, 7) is 1.46. The Kier molecular flexibility index (Phi) is 4.50. The summed E-state index contributed by atoms with van der Waals surface area (Å²) in [6.07, 6.45) is 1.27. The summed E-state index contributed by atoms with van der Waals surface area (Å²) in [4.78, 5) is 31.3. The van der Waals surface area contributed by atoms with E-state index in [0.717, 1.165) is 5.56 Å². The van der Waals surface area contributed by atoms with Gasteiger partial charge in [0, 0.05) is 6.54 Å². The lowest BCUT2D eigenvalue weighted by Gasteiger charge is -2.36. The number of benzene rings is 2. The maximum Gasteiger partial charge on any atom is 0.269 e. The summed E-state index contributed by atoms with van der Waals surface area (Å²) in [6, 6.07) is 17.0. The number of aromatic nitrogens is 2. The first-order valence-electron chi connectivity index (χ1n) is 8.61. The molecule has 1 aliphatic rings. The van der Waals surface area contributed by atoms with Crippen LogP contribution >= 0.6 is 0 Å². The molecule has 1 atom stereocenters. The molecule has 1 unspecified atom stereocenters. The van der Waals surface area contributed by atoms with Crippen LogP contribution in [0.2, 0.25) is 0 Å². The van der Waals surface area contributed by atoms with E-state index in [4.69, 9.17) is 4.74 Å². The Bertz CT molecular complexity index is 984. The molecule has 4 rings (SSSR count). The second-order valence-electron chi connectivity index (χ2n) is 6.26. The molecule has 132 valence electrons. The Hall–Kier alpha value is -2.99. The number of amides is 1. The van der Waals surface area contributed by atoms with E-state index in [1.165, 1.54) is 10.8 Å². The molecule has 1 amide bonds. The molecule has 3 aromatic rings. The second-order valence-corrected chi connectivity index (χ2v) is 6.26. The van der Waals surface area contributed by atoms with Crippen LogP contribution < -0.4 is 5.56 Å². The fourth-order valence-electron chi connectivity index (χ4n) is 3.36. The van der Waals surface area contributed by atoms with Crippen molar-refractivity contribution in [3.63, 3.8) is 0 Å². The van der Waals surface area contributed by atoms with Crippen LogP contribution in [0.1, 0.15) is 11.6 Å². The number of para-hydroxylation sites is 2. The molecule has 0 radical (unpaired) electrons. The number of carbonyl (C=O) groups is 1. The average Bonchev–Trinajstić information content (AvgIpc) is 2.71. The number of fused-ring (bicyclic) bond motifs is 1. The van der Waals surface area contributed by atoms with E-state index in [0.29, 0.717) is 30.8 Å². The van der Waals surface area contributed by atoms with Gasteiger partial charge in [0.05, 0.1) is 36.5 Å². The third kappa shape index (κ3) is 3.11. The van der Waals surface area contributed by atoms with Crippen LogP contribution in [0.15, 0.2) is 65.6 Å². The molecular weight excluding hydrogens is 330 g/mol. The number of hydrogen-bond donors (Lipinski definition) is 0. The largest absolute Gasteiger partial charge is 0.377 e. The molecule has 0 N–H and O–H groups in total. The molecule has 1 saturated heterocycles. The Morgan fingerprint density at radius 3 is 2.73 bits per heavy atom. The van der Waals surface area contributed by atoms with Gasteiger partial charge in [-0.1, -0.05) is 42.5 Å². The van der Waals surface area contributed by atoms with Crippen LogP contribution in [0.5, 0.6) is 0 Å². The molecule has 0 aliphatic carbocycles. The predicted molar refractivity (Wildman–Crippen MR) is 97.7 cm³/mol. The fourth-order valence-corrected chi connectivity index (χ4v) is 3.36. The van der Waals surface area contributed by atoms with Gasteiger partial charge < -0.3 is 9.64 Å². The van der Waals surface area contributed by atoms with Crippen molar-refractivity contribution < 1.29 is 9.53 Å². The Labute approximate surface area is 150 Å². The zero-order valence-electron chi connectivity index (χ0n) is 14.2. The zero-order chi connectivity index (χ0) is 17.9. The maximum absolute atomic E-state index is 13.0. The third-order valence-corrected chi connectivity index (χ3v) is 4.68. The number of nitrogens with zero attached hydrogens (tertiary/aromatic N) is 3. The predicted octanol–water partition coefficient (Wildman–Crippen LogP) is 2.00. The van der Waals surface area contributed by atoms with Gasteiger partial charge in [-0.3, -0.25) is 14.2 Å². The van der Waals surface area contributed by atoms with Crippen LogP contribution in [-0.4, -0.2) is 40.1 Å². The van der Waals surface area contributed by atoms with Gasteiger partial charge >= 0.3 is 0 Å². The summed E-state index contributed by atoms with van der Waals surface area (Å²) < 4.78 is 7.08. The van der Waals surface area contributed by atoms with Crippen LogP contribution in [0, 0.1) is 0 Å². The number of morpholine rings is 1. The van der Waals surface area contributed by atoms with Gasteiger partial charge in [0.2, 0.25) is 5.91 Å². The van der Waals surface area contributed by atoms with Crippen molar-refractivity contribution >= 4 is 16.9 Å². The highest BCUT2D eigenvalue weighted by atomic mass is 16.5. The molecule has 2 aromatic carbocycles. The smallest absolute Gasteiger partial charge is 0.269 e. The van der Waals surface area contributed by atoms with Crippen molar-refractivity contribution in [2.24, 2.45) is 0 Å². The fraction of sp³-hybridized carbons (Fsp3) is 0.250. The van der Waals surface area contributed by atoms with Gasteiger partial charge in [0.15, 0.2) is 0 Å². The van der Waals surface area contributed by atoms with E-state index in [1.807, 2.05) is 54.6 Å². The summed E-state index contributed by atoms with van der Waals surface area (Å²) >= 11 is 0. The van der Waals surface area contributed by atoms with Crippen molar-refractivity contribution in [2.75, 3.05) is 19.8 Å². The quantitative estimate of drug-likeness (QED) is 0.725. The minimum atomic E-state index is -0.276. The lowest BCUT2D eigenvalue weighted by molar-refractivity contribution is -0.140. The van der Waals surface area contributed by atoms with Gasteiger partial charge in [-0.15, -0.1) is 0 Å². The summed E-state index contributed by atoms with van der Waals surface area (Å²) in [7, 11) is 0. The maximum atomic E-state index is 13.0. The van der Waals surface area contributed by atoms with E-state index in [2.05, 4.69) is 4.98 Å². The SMILES string of the molecule is O=C(Cn1c(=O)cnc2ccccc21)N1CCOCC1c1ccccc1. The van der Waals surface area contributed by atoms with E-state index < -0.39 is 0 Å². The molecule has 1 fully saturated rings. The van der Waals surface area contributed by atoms with Crippen molar-refractivity contribution in [3.05, 3.63) is 76.7 Å². The first kappa shape index (κ1) is 16.5. The molecule has 0 saturated carbocycles. The molecule has 6 nitrogen and oxygen atoms in total. The number of rotatable bonds is 3. The van der Waals surface area contributed by atoms with E-state index in [-0.39, 0.29) is 24.1 Å². The highest BCUT2D eigenvalue weighted by Crippen LogP contribution is 2.24. The van der Waals surface area contributed by atoms with Gasteiger partial charge in [-0.25, -0.2) is 4.98 Å². The van der Waals surface area contributed by atoms with Gasteiger partial charge in [-0.05, 0) is 17.7 Å². The van der Waals surface area contributed by atoms with Crippen LogP contribution in [0.3, 0.4) is 0 Å². The van der Waals surface area contributed by atoms with E-state index in [9.17, 15) is 9.59 Å². The standard InChI is InChI=1S/C20H19N3O3/c24-19-12-21-16-8-4-5-9-17(16)23(19)13-20(25)22-10-11-26-14-18(22)15-6-2-1-3-7-15/h1-9,12,18H,10-11,13-14H2. The third-order valence-electron chi connectivity index (χ3n) is 4.68. The number of ether oxygens (including phenoxy) is 1. The molecule has 1 aromatic heterocycles. The van der Waals surface area contributed by atoms with E-state index in [1.54, 1.807) is 4.90 Å². The molecular formula is C20H19N3O3. The van der Waals surface area contributed by atoms with Crippen molar-refractivity contribution in [2.45, 2.75) is 12.6 Å². The molecule has 0 spiro atoms. The highest BCUT2D eigenvalue weighted by Gasteiger charge is 2.28. The molecule has 1 aliphatic heterocycles. The number of carbonyl (C=O) groups excluding carboxylic acids is 1. The molecule has 26 heavy (non-hydrogen) atoms. The van der Waals surface area contributed by atoms with Crippen molar-refractivity contribution in [1.29, 1.82) is 0 Å². The molecule has 0 bridgehead atoms. The van der Waals surface area contributed by atoms with E-state index >= 15 is 0 Å². The Morgan fingerprint density at radius 2 is 1.88 bits per heavy atom. The van der Waals surface area contributed by atoms with Gasteiger partial charge in [-0.2, -0.15) is 0 Å². The van der Waals surface area contributed by atoms with Gasteiger partial charge in [0.1, 0.15) is 6.54 Å². The van der Waals surface area contributed by atoms with Crippen LogP contribution in [0.4, 0.5) is 0 Å². The van der Waals surface area contributed by atoms with Crippen LogP contribution in [-0.2, 0) is 16.1 Å². The Morgan fingerprint density at radius 1 is 1.12 bits per heavy atom. The second kappa shape index (κ2) is 7.09. The molecule has 6 heteroatoms. The summed E-state index contributed by atoms with van der Waals surface area (Å²) in [5.74, 6) is -0.0967. The Balaban J connectivity index is 1.65. The first-order valence-corrected chi connectivity index (χ1v) is 8.61. The highest BCUT2D eigenvalue weighted by molar-refractivity contribution is 5.80. The van der Waals surface area contributed by atoms with Gasteiger partial charge in [0.25, 0.3) is 5.56 Å². The average molecular weight is 349 g/mol. The lowest BCUT2D eigenvalue weighted by atomic mass is 10.0. The van der Waals surface area contributed by atoms with Crippen molar-refractivity contribution in [3.8, 4) is 0 Å².